The summed E-state index contributed by atoms with van der Waals surface area (Å²) in [7, 11) is 0. The number of ether oxygens (including phenoxy) is 1. The molecule has 2 rings (SSSR count). The van der Waals surface area contributed by atoms with E-state index in [-0.39, 0.29) is 5.75 Å². The van der Waals surface area contributed by atoms with Gasteiger partial charge in [-0.05, 0) is 12.1 Å². The first-order valence-electron chi connectivity index (χ1n) is 4.75. The van der Waals surface area contributed by atoms with Crippen LogP contribution in [0.2, 0.25) is 0 Å². The van der Waals surface area contributed by atoms with Crippen LogP contribution in [0.4, 0.5) is 10.1 Å². The Bertz CT molecular complexity index is 611. The van der Waals surface area contributed by atoms with Crippen LogP contribution in [0, 0.1) is 15.9 Å². The van der Waals surface area contributed by atoms with Crippen LogP contribution >= 0.6 is 11.3 Å². The number of nitrogens with zero attached hydrogens (tertiary/aromatic N) is 1. The second-order valence-corrected chi connectivity index (χ2v) is 4.22. The average Bonchev–Trinajstić information content (AvgIpc) is 2.79. The zero-order valence-corrected chi connectivity index (χ0v) is 9.65. The fourth-order valence-electron chi connectivity index (χ4n) is 1.30. The van der Waals surface area contributed by atoms with E-state index in [1.165, 1.54) is 17.5 Å². The number of aldehydes is 1. The van der Waals surface area contributed by atoms with E-state index in [4.69, 9.17) is 4.74 Å². The highest BCUT2D eigenvalue weighted by Gasteiger charge is 2.17. The predicted molar refractivity (Wildman–Crippen MR) is 62.8 cm³/mol. The lowest BCUT2D eigenvalue weighted by Crippen LogP contribution is -1.93. The molecule has 1 heterocycles. The highest BCUT2D eigenvalue weighted by molar-refractivity contribution is 7.11. The molecule has 0 atom stereocenters. The Morgan fingerprint density at radius 1 is 1.39 bits per heavy atom. The molecule has 0 aliphatic heterocycles. The third-order valence-corrected chi connectivity index (χ3v) is 2.89. The molecule has 0 saturated heterocycles. The molecule has 18 heavy (non-hydrogen) atoms. The van der Waals surface area contributed by atoms with Gasteiger partial charge in [0.25, 0.3) is 0 Å². The second-order valence-electron chi connectivity index (χ2n) is 3.27. The molecule has 0 saturated carbocycles. The molecule has 0 N–H and O–H groups in total. The molecule has 7 heteroatoms. The predicted octanol–water partition coefficient (Wildman–Crippen LogP) is 3.40. The molecule has 1 aromatic heterocycles. The molecule has 0 aliphatic carbocycles. The highest BCUT2D eigenvalue weighted by atomic mass is 32.1. The molecule has 0 unspecified atom stereocenters. The van der Waals surface area contributed by atoms with E-state index < -0.39 is 16.4 Å². The van der Waals surface area contributed by atoms with Crippen molar-refractivity contribution in [1.82, 2.24) is 0 Å². The number of nitro benzene ring substituents is 1. The zero-order chi connectivity index (χ0) is 13.1. The van der Waals surface area contributed by atoms with Gasteiger partial charge in [-0.15, -0.1) is 11.3 Å². The summed E-state index contributed by atoms with van der Waals surface area (Å²) < 4.78 is 18.2. The minimum Gasteiger partial charge on any atom is -0.449 e. The van der Waals surface area contributed by atoms with E-state index in [0.29, 0.717) is 16.9 Å². The van der Waals surface area contributed by atoms with Crippen LogP contribution < -0.4 is 4.74 Å². The Balaban J connectivity index is 2.33. The molecule has 0 aliphatic rings. The second kappa shape index (κ2) is 4.92. The highest BCUT2D eigenvalue weighted by Crippen LogP contribution is 2.33. The summed E-state index contributed by atoms with van der Waals surface area (Å²) in [5.41, 5.74) is -0.464. The lowest BCUT2D eigenvalue weighted by atomic mass is 10.3. The van der Waals surface area contributed by atoms with Crippen molar-refractivity contribution in [3.63, 3.8) is 0 Å². The van der Waals surface area contributed by atoms with Gasteiger partial charge in [-0.25, -0.2) is 4.39 Å². The summed E-state index contributed by atoms with van der Waals surface area (Å²) >= 11 is 1.15. The number of carbonyl (C=O) groups is 1. The van der Waals surface area contributed by atoms with Gasteiger partial charge in [-0.2, -0.15) is 0 Å². The lowest BCUT2D eigenvalue weighted by Gasteiger charge is -2.03. The van der Waals surface area contributed by atoms with Gasteiger partial charge in [-0.3, -0.25) is 14.9 Å². The molecule has 0 bridgehead atoms. The summed E-state index contributed by atoms with van der Waals surface area (Å²) in [6.07, 6.45) is 0.649. The first-order chi connectivity index (χ1) is 8.60. The number of thiophene rings is 1. The van der Waals surface area contributed by atoms with Crippen molar-refractivity contribution in [3.8, 4) is 11.5 Å². The minimum absolute atomic E-state index is 0.0725. The van der Waals surface area contributed by atoms with Crippen molar-refractivity contribution in [1.29, 1.82) is 0 Å². The van der Waals surface area contributed by atoms with E-state index in [2.05, 4.69) is 0 Å². The number of nitro groups is 1. The van der Waals surface area contributed by atoms with Crippen molar-refractivity contribution in [3.05, 3.63) is 50.5 Å². The van der Waals surface area contributed by atoms with Crippen LogP contribution in [0.25, 0.3) is 0 Å². The van der Waals surface area contributed by atoms with E-state index in [0.717, 1.165) is 23.5 Å². The summed E-state index contributed by atoms with van der Waals surface area (Å²) in [5.74, 6) is -0.485. The standard InChI is InChI=1S/C11H6FNO4S/c12-7-1-2-11(10(3-7)13(15)16)17-8-4-9(5-14)18-6-8/h1-6H. The van der Waals surface area contributed by atoms with Crippen LogP contribution in [0.15, 0.2) is 29.6 Å². The maximum atomic E-state index is 12.9. The molecule has 1 aromatic carbocycles. The van der Waals surface area contributed by atoms with Gasteiger partial charge in [0.15, 0.2) is 6.29 Å². The van der Waals surface area contributed by atoms with E-state index in [1.807, 2.05) is 0 Å². The minimum atomic E-state index is -0.731. The Labute approximate surface area is 105 Å². The maximum absolute atomic E-state index is 12.9. The third kappa shape index (κ3) is 2.51. The summed E-state index contributed by atoms with van der Waals surface area (Å²) in [6, 6.07) is 4.47. The topological polar surface area (TPSA) is 69.4 Å². The van der Waals surface area contributed by atoms with Gasteiger partial charge in [0.05, 0.1) is 15.9 Å². The average molecular weight is 267 g/mol. The molecule has 0 spiro atoms. The number of halogens is 1. The van der Waals surface area contributed by atoms with Crippen LogP contribution in [0.1, 0.15) is 9.67 Å². The molecule has 2 aromatic rings. The van der Waals surface area contributed by atoms with Crippen LogP contribution in [0.3, 0.4) is 0 Å². The summed E-state index contributed by atoms with van der Waals surface area (Å²) in [4.78, 5) is 20.9. The number of hydrogen-bond acceptors (Lipinski definition) is 5. The zero-order valence-electron chi connectivity index (χ0n) is 8.83. The van der Waals surface area contributed by atoms with Gasteiger partial charge in [0.1, 0.15) is 11.6 Å². The van der Waals surface area contributed by atoms with Gasteiger partial charge in [0, 0.05) is 11.4 Å². The van der Waals surface area contributed by atoms with E-state index in [9.17, 15) is 19.3 Å². The van der Waals surface area contributed by atoms with Gasteiger partial charge in [-0.1, -0.05) is 0 Å². The van der Waals surface area contributed by atoms with Gasteiger partial charge < -0.3 is 4.74 Å². The van der Waals surface area contributed by atoms with Crippen molar-refractivity contribution in [2.24, 2.45) is 0 Å². The number of carbonyl (C=O) groups excluding carboxylic acids is 1. The Morgan fingerprint density at radius 3 is 2.78 bits per heavy atom. The van der Waals surface area contributed by atoms with Gasteiger partial charge in [0.2, 0.25) is 5.75 Å². The van der Waals surface area contributed by atoms with Crippen LogP contribution in [-0.2, 0) is 0 Å². The summed E-state index contributed by atoms with van der Waals surface area (Å²) in [6.45, 7) is 0. The Hall–Kier alpha value is -2.28. The van der Waals surface area contributed by atoms with Crippen LogP contribution in [-0.4, -0.2) is 11.2 Å². The van der Waals surface area contributed by atoms with Crippen molar-refractivity contribution in [2.75, 3.05) is 0 Å². The van der Waals surface area contributed by atoms with Crippen LogP contribution in [0.5, 0.6) is 11.5 Å². The SMILES string of the molecule is O=Cc1cc(Oc2ccc(F)cc2[N+](=O)[O-])cs1. The molecular weight excluding hydrogens is 261 g/mol. The lowest BCUT2D eigenvalue weighted by molar-refractivity contribution is -0.385. The Kier molecular flexibility index (Phi) is 3.33. The maximum Gasteiger partial charge on any atom is 0.314 e. The molecular formula is C11H6FNO4S. The molecule has 5 nitrogen and oxygen atoms in total. The fourth-order valence-corrected chi connectivity index (χ4v) is 1.90. The van der Waals surface area contributed by atoms with Crippen molar-refractivity contribution >= 4 is 23.3 Å². The largest absolute Gasteiger partial charge is 0.449 e. The van der Waals surface area contributed by atoms with E-state index in [1.54, 1.807) is 0 Å². The monoisotopic (exact) mass is 267 g/mol. The molecule has 0 fully saturated rings. The summed E-state index contributed by atoms with van der Waals surface area (Å²) in [5, 5.41) is 12.3. The van der Waals surface area contributed by atoms with Crippen molar-refractivity contribution < 1.29 is 18.8 Å². The third-order valence-electron chi connectivity index (χ3n) is 2.06. The first kappa shape index (κ1) is 12.2. The smallest absolute Gasteiger partial charge is 0.314 e. The number of benzene rings is 1. The van der Waals surface area contributed by atoms with Crippen molar-refractivity contribution in [2.45, 2.75) is 0 Å². The Morgan fingerprint density at radius 2 is 2.17 bits per heavy atom. The molecule has 0 amide bonds. The normalized spacial score (nSPS) is 10.1. The van der Waals surface area contributed by atoms with E-state index >= 15 is 0 Å². The molecule has 92 valence electrons. The quantitative estimate of drug-likeness (QED) is 0.483. The van der Waals surface area contributed by atoms with Gasteiger partial charge >= 0.3 is 5.69 Å². The fraction of sp³-hybridized carbons (Fsp3) is 0. The first-order valence-corrected chi connectivity index (χ1v) is 5.63. The molecule has 0 radical (unpaired) electrons. The number of rotatable bonds is 4. The number of hydrogen-bond donors (Lipinski definition) is 0.